The lowest BCUT2D eigenvalue weighted by Gasteiger charge is -2.11. The number of nitrogens with zero attached hydrogens (tertiary/aromatic N) is 1. The van der Waals surface area contributed by atoms with Crippen LogP contribution in [0.25, 0.3) is 10.9 Å². The Bertz CT molecular complexity index is 1080. The van der Waals surface area contributed by atoms with Crippen molar-refractivity contribution >= 4 is 39.3 Å². The summed E-state index contributed by atoms with van der Waals surface area (Å²) in [6, 6.07) is 7.89. The molecule has 0 saturated heterocycles. The zero-order chi connectivity index (χ0) is 23.2. The number of alkyl halides is 3. The van der Waals surface area contributed by atoms with E-state index in [4.69, 9.17) is 4.74 Å². The zero-order valence-corrected chi connectivity index (χ0v) is 18.1. The van der Waals surface area contributed by atoms with Gasteiger partial charge >= 0.3 is 12.1 Å². The standard InChI is InChI=1S/C18H12BrF4NO2.C3H6O2/c1-10(25)26-12-3-5-17-13(7-12)15(19)9-24(17)8-11-2-4-16(20)14(6-11)18(21,22)23;1-2-5-3-4/h2-7,9H,8H2,1H3;3H,2H2,1H3. The molecule has 0 atom stereocenters. The first-order valence-electron chi connectivity index (χ1n) is 8.94. The number of rotatable bonds is 5. The van der Waals surface area contributed by atoms with Crippen LogP contribution in [0.2, 0.25) is 0 Å². The second-order valence-corrected chi connectivity index (χ2v) is 7.10. The third-order valence-electron chi connectivity index (χ3n) is 3.99. The molecule has 0 aliphatic carbocycles. The summed E-state index contributed by atoms with van der Waals surface area (Å²) in [5, 5.41) is 0.738. The van der Waals surface area contributed by atoms with Gasteiger partial charge in [0.05, 0.1) is 12.2 Å². The van der Waals surface area contributed by atoms with Crippen LogP contribution in [0.1, 0.15) is 25.0 Å². The maximum atomic E-state index is 13.4. The number of hydrogen-bond acceptors (Lipinski definition) is 4. The highest BCUT2D eigenvalue weighted by molar-refractivity contribution is 9.10. The fraction of sp³-hybridized carbons (Fsp3) is 0.238. The highest BCUT2D eigenvalue weighted by atomic mass is 79.9. The van der Waals surface area contributed by atoms with E-state index in [2.05, 4.69) is 20.7 Å². The molecule has 1 aromatic heterocycles. The summed E-state index contributed by atoms with van der Waals surface area (Å²) < 4.78 is 63.7. The van der Waals surface area contributed by atoms with Gasteiger partial charge in [0.25, 0.3) is 6.47 Å². The Morgan fingerprint density at radius 2 is 1.90 bits per heavy atom. The van der Waals surface area contributed by atoms with Gasteiger partial charge in [-0.1, -0.05) is 6.07 Å². The molecule has 0 amide bonds. The molecule has 0 N–H and O–H groups in total. The van der Waals surface area contributed by atoms with Crippen molar-refractivity contribution in [3.05, 3.63) is 64.0 Å². The smallest absolute Gasteiger partial charge is 0.419 e. The first-order chi connectivity index (χ1) is 14.6. The van der Waals surface area contributed by atoms with E-state index in [1.54, 1.807) is 35.9 Å². The number of halogens is 5. The molecule has 0 fully saturated rings. The lowest BCUT2D eigenvalue weighted by atomic mass is 10.1. The molecule has 0 saturated carbocycles. The third-order valence-corrected chi connectivity index (χ3v) is 4.62. The predicted molar refractivity (Wildman–Crippen MR) is 109 cm³/mol. The fourth-order valence-corrected chi connectivity index (χ4v) is 3.31. The Morgan fingerprint density at radius 1 is 1.19 bits per heavy atom. The molecule has 0 radical (unpaired) electrons. The van der Waals surface area contributed by atoms with Crippen molar-refractivity contribution in [2.75, 3.05) is 6.61 Å². The van der Waals surface area contributed by atoms with Crippen molar-refractivity contribution in [2.24, 2.45) is 0 Å². The molecular weight excluding hydrogens is 486 g/mol. The van der Waals surface area contributed by atoms with E-state index in [1.165, 1.54) is 13.0 Å². The molecule has 0 spiro atoms. The Kier molecular flexibility index (Phi) is 8.21. The summed E-state index contributed by atoms with van der Waals surface area (Å²) in [5.41, 5.74) is -0.250. The molecule has 0 unspecified atom stereocenters. The topological polar surface area (TPSA) is 57.5 Å². The van der Waals surface area contributed by atoms with Gasteiger partial charge in [0.2, 0.25) is 0 Å². The second-order valence-electron chi connectivity index (χ2n) is 6.24. The number of ether oxygens (including phenoxy) is 2. The second kappa shape index (κ2) is 10.4. The van der Waals surface area contributed by atoms with Gasteiger partial charge in [-0.2, -0.15) is 13.2 Å². The summed E-state index contributed by atoms with van der Waals surface area (Å²) in [6.07, 6.45) is -3.04. The van der Waals surface area contributed by atoms with Gasteiger partial charge in [0.15, 0.2) is 0 Å². The van der Waals surface area contributed by atoms with Crippen LogP contribution in [-0.2, 0) is 27.0 Å². The van der Waals surface area contributed by atoms with Gasteiger partial charge in [-0.25, -0.2) is 4.39 Å². The predicted octanol–water partition coefficient (Wildman–Crippen LogP) is 5.71. The Hall–Kier alpha value is -2.88. The van der Waals surface area contributed by atoms with E-state index in [0.29, 0.717) is 28.9 Å². The summed E-state index contributed by atoms with van der Waals surface area (Å²) in [4.78, 5) is 20.2. The molecule has 31 heavy (non-hydrogen) atoms. The minimum absolute atomic E-state index is 0.123. The van der Waals surface area contributed by atoms with Gasteiger partial charge in [0.1, 0.15) is 11.6 Å². The van der Waals surface area contributed by atoms with Gasteiger partial charge in [-0.3, -0.25) is 9.59 Å². The van der Waals surface area contributed by atoms with Crippen LogP contribution < -0.4 is 4.74 Å². The third kappa shape index (κ3) is 6.55. The SMILES string of the molecule is CC(=O)Oc1ccc2c(c1)c(Br)cn2Cc1ccc(F)c(C(F)(F)F)c1.CCOC=O. The number of benzene rings is 2. The van der Waals surface area contributed by atoms with Crippen molar-refractivity contribution in [2.45, 2.75) is 26.6 Å². The largest absolute Gasteiger partial charge is 0.468 e. The van der Waals surface area contributed by atoms with Gasteiger partial charge < -0.3 is 14.0 Å². The Balaban J connectivity index is 0.000000614. The van der Waals surface area contributed by atoms with E-state index in [-0.39, 0.29) is 6.54 Å². The van der Waals surface area contributed by atoms with Crippen LogP contribution in [-0.4, -0.2) is 23.6 Å². The molecule has 0 bridgehead atoms. The van der Waals surface area contributed by atoms with Gasteiger partial charge in [0, 0.05) is 35.0 Å². The van der Waals surface area contributed by atoms with E-state index in [9.17, 15) is 27.2 Å². The molecule has 1 heterocycles. The van der Waals surface area contributed by atoms with E-state index in [0.717, 1.165) is 23.0 Å². The van der Waals surface area contributed by atoms with Crippen LogP contribution >= 0.6 is 15.9 Å². The first-order valence-corrected chi connectivity index (χ1v) is 9.73. The van der Waals surface area contributed by atoms with Crippen LogP contribution in [0.15, 0.2) is 47.1 Å². The molecule has 10 heteroatoms. The monoisotopic (exact) mass is 503 g/mol. The van der Waals surface area contributed by atoms with Crippen molar-refractivity contribution in [3.63, 3.8) is 0 Å². The minimum Gasteiger partial charge on any atom is -0.468 e. The molecule has 0 aliphatic rings. The lowest BCUT2D eigenvalue weighted by Crippen LogP contribution is -2.09. The minimum atomic E-state index is -4.75. The molecule has 166 valence electrons. The number of carbonyl (C=O) groups is 2. The average Bonchev–Trinajstić information content (AvgIpc) is 2.98. The molecule has 0 aliphatic heterocycles. The number of hydrogen-bond donors (Lipinski definition) is 0. The normalized spacial score (nSPS) is 10.9. The average molecular weight is 504 g/mol. The van der Waals surface area contributed by atoms with Crippen molar-refractivity contribution in [3.8, 4) is 5.75 Å². The van der Waals surface area contributed by atoms with Crippen LogP contribution in [0.5, 0.6) is 5.75 Å². The summed E-state index contributed by atoms with van der Waals surface area (Å²) in [5.74, 6) is -1.39. The maximum absolute atomic E-state index is 13.4. The molecule has 3 aromatic rings. The van der Waals surface area contributed by atoms with Crippen LogP contribution in [0, 0.1) is 5.82 Å². The van der Waals surface area contributed by atoms with Gasteiger partial charge in [-0.05, 0) is 58.7 Å². The summed E-state index contributed by atoms with van der Waals surface area (Å²) in [7, 11) is 0. The summed E-state index contributed by atoms with van der Waals surface area (Å²) >= 11 is 3.39. The number of fused-ring (bicyclic) bond motifs is 1. The van der Waals surface area contributed by atoms with Crippen molar-refractivity contribution < 1.29 is 36.6 Å². The zero-order valence-electron chi connectivity index (χ0n) is 16.5. The summed E-state index contributed by atoms with van der Waals surface area (Å²) in [6.45, 7) is 4.08. The maximum Gasteiger partial charge on any atom is 0.419 e. The number of aromatic nitrogens is 1. The molecule has 5 nitrogen and oxygen atoms in total. The molecular formula is C21H18BrF4NO4. The Morgan fingerprint density at radius 3 is 2.45 bits per heavy atom. The van der Waals surface area contributed by atoms with Gasteiger partial charge in [-0.15, -0.1) is 0 Å². The van der Waals surface area contributed by atoms with Crippen LogP contribution in [0.4, 0.5) is 17.6 Å². The molecule has 3 rings (SSSR count). The van der Waals surface area contributed by atoms with Crippen LogP contribution in [0.3, 0.4) is 0 Å². The van der Waals surface area contributed by atoms with E-state index in [1.807, 2.05) is 0 Å². The lowest BCUT2D eigenvalue weighted by molar-refractivity contribution is -0.140. The Labute approximate surface area is 183 Å². The highest BCUT2D eigenvalue weighted by Gasteiger charge is 2.34. The first kappa shape index (κ1) is 24.4. The highest BCUT2D eigenvalue weighted by Crippen LogP contribution is 2.33. The molecule has 2 aromatic carbocycles. The quantitative estimate of drug-likeness (QED) is 0.193. The number of carbonyl (C=O) groups excluding carboxylic acids is 2. The number of esters is 1. The van der Waals surface area contributed by atoms with Crippen molar-refractivity contribution in [1.82, 2.24) is 4.57 Å². The van der Waals surface area contributed by atoms with Crippen molar-refractivity contribution in [1.29, 1.82) is 0 Å². The van der Waals surface area contributed by atoms with E-state index < -0.39 is 23.5 Å². The fourth-order valence-electron chi connectivity index (χ4n) is 2.75. The van der Waals surface area contributed by atoms with E-state index >= 15 is 0 Å².